The number of aliphatic hydroxyl groups excluding tert-OH is 1. The van der Waals surface area contributed by atoms with Gasteiger partial charge < -0.3 is 10.0 Å². The summed E-state index contributed by atoms with van der Waals surface area (Å²) in [6, 6.07) is 2.57. The van der Waals surface area contributed by atoms with Crippen LogP contribution in [0.15, 0.2) is 12.1 Å². The molecular formula is C13H12N2O4S. The van der Waals surface area contributed by atoms with Gasteiger partial charge >= 0.3 is 0 Å². The van der Waals surface area contributed by atoms with Crippen LogP contribution in [-0.2, 0) is 9.59 Å². The number of nitrogens with zero attached hydrogens (tertiary/aromatic N) is 1. The van der Waals surface area contributed by atoms with Crippen molar-refractivity contribution in [2.75, 3.05) is 13.2 Å². The zero-order valence-corrected chi connectivity index (χ0v) is 11.5. The van der Waals surface area contributed by atoms with Crippen LogP contribution in [0.5, 0.6) is 0 Å². The lowest BCUT2D eigenvalue weighted by Gasteiger charge is -2.31. The lowest BCUT2D eigenvalue weighted by Crippen LogP contribution is -2.58. The summed E-state index contributed by atoms with van der Waals surface area (Å²) in [5, 5.41) is 10.8. The van der Waals surface area contributed by atoms with Crippen molar-refractivity contribution in [2.24, 2.45) is 0 Å². The van der Waals surface area contributed by atoms with Gasteiger partial charge in [0.25, 0.3) is 5.91 Å². The molecule has 0 bridgehead atoms. The first-order chi connectivity index (χ1) is 9.52. The van der Waals surface area contributed by atoms with Crippen LogP contribution in [-0.4, -0.2) is 46.9 Å². The standard InChI is InChI=1S/C13H12N2O4S/c1-8-12(18)14-11(17)7-15(8)13(19)10-5-4-9(20-10)3-2-6-16/h4-5,8,16H,6-7H2,1H3,(H,14,17,18). The summed E-state index contributed by atoms with van der Waals surface area (Å²) in [6.07, 6.45) is 0. The second kappa shape index (κ2) is 5.86. The smallest absolute Gasteiger partial charge is 0.265 e. The van der Waals surface area contributed by atoms with Crippen molar-refractivity contribution in [2.45, 2.75) is 13.0 Å². The summed E-state index contributed by atoms with van der Waals surface area (Å²) < 4.78 is 0. The largest absolute Gasteiger partial charge is 0.384 e. The van der Waals surface area contributed by atoms with E-state index < -0.39 is 17.9 Å². The van der Waals surface area contributed by atoms with E-state index in [1.807, 2.05) is 0 Å². The molecule has 6 nitrogen and oxygen atoms in total. The third kappa shape index (κ3) is 2.87. The van der Waals surface area contributed by atoms with Crippen LogP contribution in [0, 0.1) is 11.8 Å². The highest BCUT2D eigenvalue weighted by Gasteiger charge is 2.34. The maximum atomic E-state index is 12.3. The van der Waals surface area contributed by atoms with Crippen LogP contribution in [0.3, 0.4) is 0 Å². The maximum Gasteiger partial charge on any atom is 0.265 e. The van der Waals surface area contributed by atoms with Crippen LogP contribution in [0.2, 0.25) is 0 Å². The molecule has 1 saturated heterocycles. The Bertz CT molecular complexity index is 626. The molecule has 104 valence electrons. The predicted octanol–water partition coefficient (Wildman–Crippen LogP) is -0.421. The molecule has 1 unspecified atom stereocenters. The molecule has 1 fully saturated rings. The quantitative estimate of drug-likeness (QED) is 0.543. The number of aliphatic hydroxyl groups is 1. The van der Waals surface area contributed by atoms with Gasteiger partial charge in [-0.15, -0.1) is 11.3 Å². The van der Waals surface area contributed by atoms with Crippen LogP contribution >= 0.6 is 11.3 Å². The molecule has 1 aliphatic heterocycles. The number of thiophene rings is 1. The normalized spacial score (nSPS) is 18.3. The average Bonchev–Trinajstić information content (AvgIpc) is 2.88. The minimum Gasteiger partial charge on any atom is -0.384 e. The van der Waals surface area contributed by atoms with E-state index in [4.69, 9.17) is 5.11 Å². The van der Waals surface area contributed by atoms with Crippen molar-refractivity contribution in [3.63, 3.8) is 0 Å². The molecule has 0 radical (unpaired) electrons. The molecule has 1 aromatic rings. The molecule has 3 amide bonds. The van der Waals surface area contributed by atoms with Gasteiger partial charge in [-0.05, 0) is 19.1 Å². The Morgan fingerprint density at radius 2 is 2.30 bits per heavy atom. The Balaban J connectivity index is 2.20. The summed E-state index contributed by atoms with van der Waals surface area (Å²) in [5.74, 6) is 3.85. The number of amides is 3. The molecule has 2 rings (SSSR count). The zero-order chi connectivity index (χ0) is 14.7. The van der Waals surface area contributed by atoms with E-state index in [9.17, 15) is 14.4 Å². The first-order valence-electron chi connectivity index (χ1n) is 5.87. The summed E-state index contributed by atoms with van der Waals surface area (Å²) in [7, 11) is 0. The summed E-state index contributed by atoms with van der Waals surface area (Å²) in [4.78, 5) is 37.4. The second-order valence-electron chi connectivity index (χ2n) is 4.15. The lowest BCUT2D eigenvalue weighted by atomic mass is 10.2. The molecule has 1 aromatic heterocycles. The van der Waals surface area contributed by atoms with Gasteiger partial charge in [0.2, 0.25) is 11.8 Å². The Hall–Kier alpha value is -2.17. The minimum absolute atomic E-state index is 0.138. The van der Waals surface area contributed by atoms with Crippen LogP contribution in [0.1, 0.15) is 21.5 Å². The van der Waals surface area contributed by atoms with Gasteiger partial charge in [0.05, 0.1) is 9.75 Å². The molecule has 0 spiro atoms. The van der Waals surface area contributed by atoms with Crippen molar-refractivity contribution in [3.05, 3.63) is 21.9 Å². The number of rotatable bonds is 1. The van der Waals surface area contributed by atoms with Gasteiger partial charge in [-0.25, -0.2) is 0 Å². The third-order valence-electron chi connectivity index (χ3n) is 2.79. The van der Waals surface area contributed by atoms with Gasteiger partial charge in [0.15, 0.2) is 0 Å². The minimum atomic E-state index is -0.686. The number of carbonyl (C=O) groups is 3. The fourth-order valence-corrected chi connectivity index (χ4v) is 2.59. The van der Waals surface area contributed by atoms with Gasteiger partial charge in [0, 0.05) is 0 Å². The summed E-state index contributed by atoms with van der Waals surface area (Å²) >= 11 is 1.16. The van der Waals surface area contributed by atoms with Crippen molar-refractivity contribution in [3.8, 4) is 11.8 Å². The van der Waals surface area contributed by atoms with E-state index >= 15 is 0 Å². The van der Waals surface area contributed by atoms with E-state index in [2.05, 4.69) is 17.2 Å². The van der Waals surface area contributed by atoms with Crippen molar-refractivity contribution >= 4 is 29.1 Å². The third-order valence-corrected chi connectivity index (χ3v) is 3.78. The second-order valence-corrected chi connectivity index (χ2v) is 5.23. The molecule has 7 heteroatoms. The fourth-order valence-electron chi connectivity index (χ4n) is 1.75. The molecule has 1 aliphatic rings. The number of nitrogens with one attached hydrogen (secondary N) is 1. The Morgan fingerprint density at radius 1 is 1.55 bits per heavy atom. The molecule has 0 aromatic carbocycles. The lowest BCUT2D eigenvalue weighted by molar-refractivity contribution is -0.138. The van der Waals surface area contributed by atoms with Gasteiger partial charge in [-0.1, -0.05) is 11.8 Å². The number of imide groups is 1. The Labute approximate surface area is 119 Å². The van der Waals surface area contributed by atoms with Crippen molar-refractivity contribution in [1.82, 2.24) is 10.2 Å². The van der Waals surface area contributed by atoms with E-state index in [0.717, 1.165) is 11.3 Å². The average molecular weight is 292 g/mol. The first-order valence-corrected chi connectivity index (χ1v) is 6.69. The van der Waals surface area contributed by atoms with E-state index in [1.54, 1.807) is 19.1 Å². The summed E-state index contributed by atoms with van der Waals surface area (Å²) in [6.45, 7) is 1.18. The monoisotopic (exact) mass is 292 g/mol. The Kier molecular flexibility index (Phi) is 4.17. The maximum absolute atomic E-state index is 12.3. The highest BCUT2D eigenvalue weighted by molar-refractivity contribution is 7.14. The Morgan fingerprint density at radius 3 is 3.00 bits per heavy atom. The van der Waals surface area contributed by atoms with E-state index in [0.29, 0.717) is 9.75 Å². The van der Waals surface area contributed by atoms with Crippen LogP contribution in [0.25, 0.3) is 0 Å². The number of hydrogen-bond donors (Lipinski definition) is 2. The zero-order valence-electron chi connectivity index (χ0n) is 10.7. The topological polar surface area (TPSA) is 86.7 Å². The van der Waals surface area contributed by atoms with Gasteiger partial charge in [-0.3, -0.25) is 19.7 Å². The summed E-state index contributed by atoms with van der Waals surface area (Å²) in [5.41, 5.74) is 0. The molecular weight excluding hydrogens is 280 g/mol. The van der Waals surface area contributed by atoms with E-state index in [-0.39, 0.29) is 19.1 Å². The molecule has 0 aliphatic carbocycles. The van der Waals surface area contributed by atoms with Gasteiger partial charge in [0.1, 0.15) is 19.2 Å². The molecule has 2 N–H and O–H groups in total. The SMILES string of the molecule is CC1C(=O)NC(=O)CN1C(=O)c1ccc(C#CCO)s1. The van der Waals surface area contributed by atoms with Crippen molar-refractivity contribution in [1.29, 1.82) is 0 Å². The van der Waals surface area contributed by atoms with Gasteiger partial charge in [-0.2, -0.15) is 0 Å². The molecule has 2 heterocycles. The number of carbonyl (C=O) groups excluding carboxylic acids is 3. The van der Waals surface area contributed by atoms with E-state index in [1.165, 1.54) is 4.90 Å². The highest BCUT2D eigenvalue weighted by Crippen LogP contribution is 2.19. The highest BCUT2D eigenvalue weighted by atomic mass is 32.1. The first kappa shape index (κ1) is 14.2. The van der Waals surface area contributed by atoms with Crippen molar-refractivity contribution < 1.29 is 19.5 Å². The van der Waals surface area contributed by atoms with Crippen LogP contribution < -0.4 is 5.32 Å². The fraction of sp³-hybridized carbons (Fsp3) is 0.308. The molecule has 0 saturated carbocycles. The van der Waals surface area contributed by atoms with Crippen LogP contribution in [0.4, 0.5) is 0 Å². The number of piperazine rings is 1. The molecule has 1 atom stereocenters. The molecule has 20 heavy (non-hydrogen) atoms. The predicted molar refractivity (Wildman–Crippen MR) is 71.9 cm³/mol. The number of hydrogen-bond acceptors (Lipinski definition) is 5.